The van der Waals surface area contributed by atoms with Crippen molar-refractivity contribution in [3.63, 3.8) is 0 Å². The van der Waals surface area contributed by atoms with Gasteiger partial charge in [0.1, 0.15) is 9.86 Å². The largest absolute Gasteiger partial charge is 0.370 e. The van der Waals surface area contributed by atoms with E-state index < -0.39 is 0 Å². The molecule has 0 spiro atoms. The Morgan fingerprint density at radius 1 is 1.41 bits per heavy atom. The lowest BCUT2D eigenvalue weighted by molar-refractivity contribution is -0.0379. The SMILES string of the molecule is C=C(C)CSc1nc(SC)nc2sc3c(c12)CC(C)(C)OC3. The van der Waals surface area contributed by atoms with Crippen molar-refractivity contribution in [3.8, 4) is 0 Å². The molecule has 0 amide bonds. The van der Waals surface area contributed by atoms with E-state index in [2.05, 4.69) is 27.4 Å². The highest BCUT2D eigenvalue weighted by molar-refractivity contribution is 7.99. The molecule has 3 heterocycles. The van der Waals surface area contributed by atoms with E-state index >= 15 is 0 Å². The molecule has 0 fully saturated rings. The molecule has 1 aliphatic heterocycles. The zero-order valence-electron chi connectivity index (χ0n) is 13.4. The predicted octanol–water partition coefficient (Wildman–Crippen LogP) is 4.93. The summed E-state index contributed by atoms with van der Waals surface area (Å²) in [5.74, 6) is 0.893. The maximum atomic E-state index is 5.95. The van der Waals surface area contributed by atoms with Crippen LogP contribution in [0.25, 0.3) is 10.2 Å². The fourth-order valence-electron chi connectivity index (χ4n) is 2.48. The van der Waals surface area contributed by atoms with Gasteiger partial charge in [0.2, 0.25) is 0 Å². The molecule has 22 heavy (non-hydrogen) atoms. The number of aromatic nitrogens is 2. The van der Waals surface area contributed by atoms with Crippen LogP contribution >= 0.6 is 34.9 Å². The van der Waals surface area contributed by atoms with Crippen molar-refractivity contribution < 1.29 is 4.74 Å². The van der Waals surface area contributed by atoms with Crippen LogP contribution in [0.2, 0.25) is 0 Å². The first-order valence-electron chi connectivity index (χ1n) is 7.17. The Hall–Kier alpha value is -0.560. The molecule has 6 heteroatoms. The van der Waals surface area contributed by atoms with Crippen LogP contribution < -0.4 is 0 Å². The van der Waals surface area contributed by atoms with Crippen molar-refractivity contribution in [1.29, 1.82) is 0 Å². The summed E-state index contributed by atoms with van der Waals surface area (Å²) in [6.45, 7) is 11.0. The standard InChI is InChI=1S/C16H20N2OS3/c1-9(2)8-21-13-12-10-6-16(3,4)19-7-11(10)22-14(12)18-15(17-13)20-5/h1,6-8H2,2-5H3. The molecule has 0 saturated carbocycles. The summed E-state index contributed by atoms with van der Waals surface area (Å²) in [4.78, 5) is 11.9. The van der Waals surface area contributed by atoms with Gasteiger partial charge in [-0.15, -0.1) is 23.1 Å². The molecule has 3 nitrogen and oxygen atoms in total. The molecule has 0 N–H and O–H groups in total. The van der Waals surface area contributed by atoms with Gasteiger partial charge in [-0.1, -0.05) is 23.9 Å². The molecule has 1 aliphatic rings. The molecule has 0 unspecified atom stereocenters. The van der Waals surface area contributed by atoms with Gasteiger partial charge in [0.25, 0.3) is 0 Å². The number of rotatable bonds is 4. The third kappa shape index (κ3) is 3.20. The van der Waals surface area contributed by atoms with Crippen LogP contribution in [0.5, 0.6) is 0 Å². The van der Waals surface area contributed by atoms with Crippen LogP contribution in [0.4, 0.5) is 0 Å². The molecule has 3 rings (SSSR count). The van der Waals surface area contributed by atoms with Crippen molar-refractivity contribution in [2.75, 3.05) is 12.0 Å². The van der Waals surface area contributed by atoms with E-state index in [1.165, 1.54) is 15.8 Å². The minimum atomic E-state index is -0.116. The molecule has 2 aromatic rings. The first kappa shape index (κ1) is 16.3. The molecule has 118 valence electrons. The topological polar surface area (TPSA) is 35.0 Å². The molecular weight excluding hydrogens is 332 g/mol. The minimum absolute atomic E-state index is 0.116. The van der Waals surface area contributed by atoms with Crippen molar-refractivity contribution >= 4 is 45.1 Å². The summed E-state index contributed by atoms with van der Waals surface area (Å²) in [5, 5.41) is 3.17. The number of ether oxygens (including phenoxy) is 1. The van der Waals surface area contributed by atoms with Gasteiger partial charge in [-0.2, -0.15) is 0 Å². The van der Waals surface area contributed by atoms with Crippen molar-refractivity contribution in [2.45, 2.75) is 49.6 Å². The van der Waals surface area contributed by atoms with E-state index in [0.717, 1.165) is 32.8 Å². The highest BCUT2D eigenvalue weighted by atomic mass is 32.2. The summed E-state index contributed by atoms with van der Waals surface area (Å²) in [5.41, 5.74) is 2.43. The van der Waals surface area contributed by atoms with Gasteiger partial charge in [-0.3, -0.25) is 0 Å². The summed E-state index contributed by atoms with van der Waals surface area (Å²) in [6.07, 6.45) is 2.94. The molecule has 0 radical (unpaired) electrons. The average Bonchev–Trinajstić information content (AvgIpc) is 2.81. The summed E-state index contributed by atoms with van der Waals surface area (Å²) in [7, 11) is 0. The van der Waals surface area contributed by atoms with Crippen LogP contribution in [0, 0.1) is 0 Å². The number of nitrogens with zero attached hydrogens (tertiary/aromatic N) is 2. The van der Waals surface area contributed by atoms with Crippen molar-refractivity contribution in [1.82, 2.24) is 9.97 Å². The van der Waals surface area contributed by atoms with E-state index in [1.807, 2.05) is 6.26 Å². The van der Waals surface area contributed by atoms with Gasteiger partial charge in [0.05, 0.1) is 12.2 Å². The van der Waals surface area contributed by atoms with E-state index in [1.54, 1.807) is 34.9 Å². The Balaban J connectivity index is 2.14. The van der Waals surface area contributed by atoms with E-state index in [4.69, 9.17) is 14.7 Å². The third-order valence-electron chi connectivity index (χ3n) is 3.51. The highest BCUT2D eigenvalue weighted by Crippen LogP contribution is 2.42. The maximum absolute atomic E-state index is 5.95. The van der Waals surface area contributed by atoms with E-state index in [-0.39, 0.29) is 5.60 Å². The van der Waals surface area contributed by atoms with Gasteiger partial charge >= 0.3 is 0 Å². The zero-order valence-corrected chi connectivity index (χ0v) is 15.8. The monoisotopic (exact) mass is 352 g/mol. The van der Waals surface area contributed by atoms with Gasteiger partial charge in [0, 0.05) is 22.4 Å². The Morgan fingerprint density at radius 3 is 2.86 bits per heavy atom. The fourth-order valence-corrected chi connectivity index (χ4v) is 5.03. The quantitative estimate of drug-likeness (QED) is 0.337. The van der Waals surface area contributed by atoms with Crippen LogP contribution in [0.3, 0.4) is 0 Å². The van der Waals surface area contributed by atoms with Crippen LogP contribution in [0.15, 0.2) is 22.3 Å². The number of hydrogen-bond donors (Lipinski definition) is 0. The van der Waals surface area contributed by atoms with Crippen molar-refractivity contribution in [3.05, 3.63) is 22.6 Å². The average molecular weight is 353 g/mol. The molecule has 0 aliphatic carbocycles. The van der Waals surface area contributed by atoms with E-state index in [0.29, 0.717) is 6.61 Å². The Bertz CT molecular complexity index is 737. The summed E-state index contributed by atoms with van der Waals surface area (Å²) < 4.78 is 5.95. The van der Waals surface area contributed by atoms with Gasteiger partial charge < -0.3 is 4.74 Å². The van der Waals surface area contributed by atoms with Crippen LogP contribution in [0.1, 0.15) is 31.2 Å². The lowest BCUT2D eigenvalue weighted by atomic mass is 9.95. The fraction of sp³-hybridized carbons (Fsp3) is 0.500. The zero-order chi connectivity index (χ0) is 15.9. The number of hydrogen-bond acceptors (Lipinski definition) is 6. The molecular formula is C16H20N2OS3. The second-order valence-corrected chi connectivity index (χ2v) is 8.99. The number of thiophene rings is 1. The van der Waals surface area contributed by atoms with Crippen LogP contribution in [-0.2, 0) is 17.8 Å². The smallest absolute Gasteiger partial charge is 0.189 e. The third-order valence-corrected chi connectivity index (χ3v) is 6.37. The summed E-state index contributed by atoms with van der Waals surface area (Å²) in [6, 6.07) is 0. The normalized spacial score (nSPS) is 16.7. The second-order valence-electron chi connectivity index (χ2n) is 6.17. The predicted molar refractivity (Wildman–Crippen MR) is 97.3 cm³/mol. The van der Waals surface area contributed by atoms with Gasteiger partial charge in [0.15, 0.2) is 5.16 Å². The first-order chi connectivity index (χ1) is 10.4. The van der Waals surface area contributed by atoms with Gasteiger partial charge in [-0.25, -0.2) is 9.97 Å². The first-order valence-corrected chi connectivity index (χ1v) is 10.2. The summed E-state index contributed by atoms with van der Waals surface area (Å²) >= 11 is 5.12. The molecule has 0 bridgehead atoms. The minimum Gasteiger partial charge on any atom is -0.370 e. The molecule has 0 atom stereocenters. The Morgan fingerprint density at radius 2 is 2.18 bits per heavy atom. The molecule has 0 aromatic carbocycles. The lowest BCUT2D eigenvalue weighted by Gasteiger charge is -2.30. The maximum Gasteiger partial charge on any atom is 0.189 e. The number of thioether (sulfide) groups is 2. The van der Waals surface area contributed by atoms with Crippen LogP contribution in [-0.4, -0.2) is 27.6 Å². The Labute approximate surface area is 144 Å². The second kappa shape index (κ2) is 6.15. The highest BCUT2D eigenvalue weighted by Gasteiger charge is 2.31. The van der Waals surface area contributed by atoms with Gasteiger partial charge in [-0.05, 0) is 32.6 Å². The molecule has 2 aromatic heterocycles. The lowest BCUT2D eigenvalue weighted by Crippen LogP contribution is -2.31. The number of fused-ring (bicyclic) bond motifs is 3. The van der Waals surface area contributed by atoms with Crippen molar-refractivity contribution in [2.24, 2.45) is 0 Å². The molecule has 0 saturated heterocycles. The van der Waals surface area contributed by atoms with E-state index in [9.17, 15) is 0 Å². The Kier molecular flexibility index (Phi) is 4.56.